The third kappa shape index (κ3) is 3.93. The molecule has 0 fully saturated rings. The minimum absolute atomic E-state index is 0.490. The van der Waals surface area contributed by atoms with Crippen molar-refractivity contribution >= 4 is 17.7 Å². The summed E-state index contributed by atoms with van der Waals surface area (Å²) in [7, 11) is 0. The van der Waals surface area contributed by atoms with Gasteiger partial charge in [0.1, 0.15) is 6.61 Å². The Bertz CT molecular complexity index is 479. The Balaban J connectivity index is 1.84. The molecular formula is C14H12ClNO. The van der Waals surface area contributed by atoms with E-state index in [0.717, 1.165) is 5.56 Å². The highest BCUT2D eigenvalue weighted by molar-refractivity contribution is 6.30. The molecule has 0 aliphatic carbocycles. The summed E-state index contributed by atoms with van der Waals surface area (Å²) in [6, 6.07) is 13.6. The molecule has 0 N–H and O–H groups in total. The Kier molecular flexibility index (Phi) is 4.17. The van der Waals surface area contributed by atoms with E-state index < -0.39 is 0 Å². The molecule has 1 heterocycles. The van der Waals surface area contributed by atoms with Crippen LogP contribution in [0.2, 0.25) is 5.02 Å². The van der Waals surface area contributed by atoms with Gasteiger partial charge in [0.15, 0.2) is 0 Å². The molecule has 2 aromatic rings. The minimum Gasteiger partial charge on any atom is -0.473 e. The summed E-state index contributed by atoms with van der Waals surface area (Å²) in [6.07, 6.45) is 5.53. The summed E-state index contributed by atoms with van der Waals surface area (Å²) in [5, 5.41) is 0.608. The van der Waals surface area contributed by atoms with Gasteiger partial charge in [-0.1, -0.05) is 48.0 Å². The Morgan fingerprint density at radius 3 is 2.65 bits per heavy atom. The van der Waals surface area contributed by atoms with E-state index in [-0.39, 0.29) is 0 Å². The van der Waals surface area contributed by atoms with E-state index in [1.165, 1.54) is 0 Å². The van der Waals surface area contributed by atoms with Crippen molar-refractivity contribution < 1.29 is 4.74 Å². The third-order valence-corrected chi connectivity index (χ3v) is 2.36. The predicted molar refractivity (Wildman–Crippen MR) is 70.2 cm³/mol. The van der Waals surface area contributed by atoms with E-state index in [2.05, 4.69) is 4.98 Å². The largest absolute Gasteiger partial charge is 0.473 e. The van der Waals surface area contributed by atoms with Crippen molar-refractivity contribution in [1.29, 1.82) is 0 Å². The van der Waals surface area contributed by atoms with E-state index >= 15 is 0 Å². The van der Waals surface area contributed by atoms with Crippen LogP contribution in [0.4, 0.5) is 0 Å². The standard InChI is InChI=1S/C14H12ClNO/c15-13-8-9-14(16-11-13)17-10-4-7-12-5-2-1-3-6-12/h1-9,11H,10H2. The van der Waals surface area contributed by atoms with E-state index in [0.29, 0.717) is 17.5 Å². The number of hydrogen-bond acceptors (Lipinski definition) is 2. The third-order valence-electron chi connectivity index (χ3n) is 2.14. The molecule has 2 nitrogen and oxygen atoms in total. The maximum atomic E-state index is 5.72. The summed E-state index contributed by atoms with van der Waals surface area (Å²) >= 11 is 5.72. The molecule has 0 aliphatic rings. The first-order chi connectivity index (χ1) is 8.34. The number of benzene rings is 1. The number of halogens is 1. The van der Waals surface area contributed by atoms with E-state index in [9.17, 15) is 0 Å². The molecule has 1 aromatic carbocycles. The molecule has 0 unspecified atom stereocenters. The number of hydrogen-bond donors (Lipinski definition) is 0. The maximum Gasteiger partial charge on any atom is 0.213 e. The lowest BCUT2D eigenvalue weighted by Crippen LogP contribution is -1.94. The lowest BCUT2D eigenvalue weighted by Gasteiger charge is -2.01. The van der Waals surface area contributed by atoms with E-state index in [1.807, 2.05) is 42.5 Å². The summed E-state index contributed by atoms with van der Waals surface area (Å²) in [4.78, 5) is 4.03. The quantitative estimate of drug-likeness (QED) is 0.817. The lowest BCUT2D eigenvalue weighted by molar-refractivity contribution is 0.349. The van der Waals surface area contributed by atoms with Crippen LogP contribution in [-0.4, -0.2) is 11.6 Å². The van der Waals surface area contributed by atoms with Crippen molar-refractivity contribution in [3.05, 3.63) is 65.3 Å². The van der Waals surface area contributed by atoms with Crippen LogP contribution in [0.5, 0.6) is 5.88 Å². The first-order valence-electron chi connectivity index (χ1n) is 5.30. The Hall–Kier alpha value is -1.80. The van der Waals surface area contributed by atoms with Crippen molar-refractivity contribution in [3.8, 4) is 5.88 Å². The minimum atomic E-state index is 0.490. The number of nitrogens with zero attached hydrogens (tertiary/aromatic N) is 1. The highest BCUT2D eigenvalue weighted by Gasteiger charge is 1.92. The van der Waals surface area contributed by atoms with Crippen molar-refractivity contribution in [1.82, 2.24) is 4.98 Å². The molecular weight excluding hydrogens is 234 g/mol. The summed E-state index contributed by atoms with van der Waals surface area (Å²) in [5.41, 5.74) is 1.15. The number of ether oxygens (including phenoxy) is 1. The van der Waals surface area contributed by atoms with Gasteiger partial charge in [0.25, 0.3) is 0 Å². The first kappa shape index (κ1) is 11.7. The van der Waals surface area contributed by atoms with Crippen molar-refractivity contribution in [2.45, 2.75) is 0 Å². The first-order valence-corrected chi connectivity index (χ1v) is 5.68. The fraction of sp³-hybridized carbons (Fsp3) is 0.0714. The normalized spacial score (nSPS) is 10.6. The topological polar surface area (TPSA) is 22.1 Å². The molecule has 0 spiro atoms. The average Bonchev–Trinajstić information content (AvgIpc) is 2.38. The monoisotopic (exact) mass is 245 g/mol. The lowest BCUT2D eigenvalue weighted by atomic mass is 10.2. The van der Waals surface area contributed by atoms with Crippen LogP contribution in [0.1, 0.15) is 5.56 Å². The Labute approximate surface area is 106 Å². The SMILES string of the molecule is Clc1ccc(OCC=Cc2ccccc2)nc1. The van der Waals surface area contributed by atoms with Crippen LogP contribution in [0, 0.1) is 0 Å². The van der Waals surface area contributed by atoms with Crippen LogP contribution in [0.3, 0.4) is 0 Å². The highest BCUT2D eigenvalue weighted by Crippen LogP contribution is 2.11. The molecule has 0 atom stereocenters. The zero-order chi connectivity index (χ0) is 11.9. The van der Waals surface area contributed by atoms with Crippen LogP contribution in [0.15, 0.2) is 54.7 Å². The molecule has 0 saturated heterocycles. The predicted octanol–water partition coefficient (Wildman–Crippen LogP) is 3.83. The highest BCUT2D eigenvalue weighted by atomic mass is 35.5. The van der Waals surface area contributed by atoms with E-state index in [1.54, 1.807) is 18.3 Å². The zero-order valence-corrected chi connectivity index (χ0v) is 9.97. The fourth-order valence-corrected chi connectivity index (χ4v) is 1.44. The van der Waals surface area contributed by atoms with Gasteiger partial charge in [-0.25, -0.2) is 4.98 Å². The molecule has 3 heteroatoms. The summed E-state index contributed by atoms with van der Waals surface area (Å²) in [6.45, 7) is 0.490. The number of aromatic nitrogens is 1. The van der Waals surface area contributed by atoms with Crippen LogP contribution in [-0.2, 0) is 0 Å². The molecule has 0 saturated carbocycles. The molecule has 1 aromatic heterocycles. The fourth-order valence-electron chi connectivity index (χ4n) is 1.33. The van der Waals surface area contributed by atoms with Crippen LogP contribution >= 0.6 is 11.6 Å². The molecule has 17 heavy (non-hydrogen) atoms. The maximum absolute atomic E-state index is 5.72. The second kappa shape index (κ2) is 6.06. The Morgan fingerprint density at radius 2 is 1.94 bits per heavy atom. The molecule has 0 bridgehead atoms. The molecule has 0 aliphatic heterocycles. The van der Waals surface area contributed by atoms with Gasteiger partial charge in [0, 0.05) is 12.3 Å². The van der Waals surface area contributed by atoms with Crippen molar-refractivity contribution in [2.75, 3.05) is 6.61 Å². The molecule has 0 amide bonds. The van der Waals surface area contributed by atoms with Gasteiger partial charge in [-0.15, -0.1) is 0 Å². The van der Waals surface area contributed by atoms with Gasteiger partial charge in [-0.2, -0.15) is 0 Å². The van der Waals surface area contributed by atoms with Crippen LogP contribution < -0.4 is 4.74 Å². The molecule has 2 rings (SSSR count). The summed E-state index contributed by atoms with van der Waals surface area (Å²) < 4.78 is 5.43. The number of rotatable bonds is 4. The summed E-state index contributed by atoms with van der Waals surface area (Å²) in [5.74, 6) is 0.576. The van der Waals surface area contributed by atoms with Gasteiger partial charge in [-0.05, 0) is 17.7 Å². The smallest absolute Gasteiger partial charge is 0.213 e. The average molecular weight is 246 g/mol. The second-order valence-electron chi connectivity index (χ2n) is 3.44. The second-order valence-corrected chi connectivity index (χ2v) is 3.88. The Morgan fingerprint density at radius 1 is 1.12 bits per heavy atom. The van der Waals surface area contributed by atoms with E-state index in [4.69, 9.17) is 16.3 Å². The van der Waals surface area contributed by atoms with Crippen LogP contribution in [0.25, 0.3) is 6.08 Å². The molecule has 0 radical (unpaired) electrons. The van der Waals surface area contributed by atoms with Crippen molar-refractivity contribution in [2.24, 2.45) is 0 Å². The van der Waals surface area contributed by atoms with Gasteiger partial charge in [-0.3, -0.25) is 0 Å². The molecule has 86 valence electrons. The van der Waals surface area contributed by atoms with Gasteiger partial charge in [0.2, 0.25) is 5.88 Å². The van der Waals surface area contributed by atoms with Crippen molar-refractivity contribution in [3.63, 3.8) is 0 Å². The van der Waals surface area contributed by atoms with Gasteiger partial charge in [0.05, 0.1) is 5.02 Å². The van der Waals surface area contributed by atoms with Gasteiger partial charge < -0.3 is 4.74 Å². The number of pyridine rings is 1. The van der Waals surface area contributed by atoms with Gasteiger partial charge >= 0.3 is 0 Å². The zero-order valence-electron chi connectivity index (χ0n) is 9.21.